The molecule has 0 bridgehead atoms. The van der Waals surface area contributed by atoms with Gasteiger partial charge in [-0.25, -0.2) is 4.98 Å². The van der Waals surface area contributed by atoms with Gasteiger partial charge in [-0.1, -0.05) is 25.4 Å². The molecule has 3 nitrogen and oxygen atoms in total. The third-order valence-corrected chi connectivity index (χ3v) is 5.09. The molecule has 112 valence electrons. The zero-order valence-electron chi connectivity index (χ0n) is 12.5. The fourth-order valence-electron chi connectivity index (χ4n) is 2.31. The molecule has 0 aromatic carbocycles. The van der Waals surface area contributed by atoms with Gasteiger partial charge in [-0.15, -0.1) is 0 Å². The average Bonchev–Trinajstić information content (AvgIpc) is 2.93. The monoisotopic (exact) mass is 313 g/mol. The summed E-state index contributed by atoms with van der Waals surface area (Å²) in [6, 6.07) is 2.73. The summed E-state index contributed by atoms with van der Waals surface area (Å²) in [7, 11) is 2.14. The Morgan fingerprint density at radius 1 is 1.55 bits per heavy atom. The molecule has 20 heavy (non-hydrogen) atoms. The van der Waals surface area contributed by atoms with Crippen LogP contribution in [0.25, 0.3) is 0 Å². The number of nitrogens with one attached hydrogen (secondary N) is 1. The van der Waals surface area contributed by atoms with Crippen LogP contribution in [0.2, 0.25) is 5.02 Å². The van der Waals surface area contributed by atoms with Crippen LogP contribution < -0.4 is 10.2 Å². The summed E-state index contributed by atoms with van der Waals surface area (Å²) in [6.45, 7) is 6.22. The van der Waals surface area contributed by atoms with Crippen molar-refractivity contribution in [2.24, 2.45) is 5.92 Å². The Hall–Kier alpha value is -0.450. The maximum atomic E-state index is 6.25. The van der Waals surface area contributed by atoms with Crippen molar-refractivity contribution in [1.29, 1.82) is 0 Å². The lowest BCUT2D eigenvalue weighted by Gasteiger charge is -2.25. The summed E-state index contributed by atoms with van der Waals surface area (Å²) in [5, 5.41) is 4.19. The summed E-state index contributed by atoms with van der Waals surface area (Å²) in [5.74, 6) is 4.13. The van der Waals surface area contributed by atoms with Crippen LogP contribution in [0.4, 0.5) is 5.82 Å². The first-order chi connectivity index (χ1) is 9.58. The highest BCUT2D eigenvalue weighted by atomic mass is 35.5. The zero-order valence-corrected chi connectivity index (χ0v) is 14.1. The van der Waals surface area contributed by atoms with Crippen molar-refractivity contribution in [1.82, 2.24) is 10.3 Å². The molecule has 1 fully saturated rings. The van der Waals surface area contributed by atoms with Gasteiger partial charge >= 0.3 is 0 Å². The third-order valence-electron chi connectivity index (χ3n) is 3.60. The van der Waals surface area contributed by atoms with Crippen LogP contribution in [0.15, 0.2) is 12.3 Å². The molecule has 2 rings (SSSR count). The van der Waals surface area contributed by atoms with Gasteiger partial charge in [-0.3, -0.25) is 0 Å². The van der Waals surface area contributed by atoms with Crippen molar-refractivity contribution >= 4 is 29.2 Å². The van der Waals surface area contributed by atoms with Crippen LogP contribution >= 0.6 is 23.4 Å². The van der Waals surface area contributed by atoms with Crippen molar-refractivity contribution in [3.8, 4) is 0 Å². The summed E-state index contributed by atoms with van der Waals surface area (Å²) < 4.78 is 0. The quantitative estimate of drug-likeness (QED) is 0.871. The van der Waals surface area contributed by atoms with Crippen LogP contribution in [0.5, 0.6) is 0 Å². The molecular weight excluding hydrogens is 290 g/mol. The van der Waals surface area contributed by atoms with Crippen LogP contribution in [0, 0.1) is 5.92 Å². The van der Waals surface area contributed by atoms with Crippen molar-refractivity contribution in [2.45, 2.75) is 32.9 Å². The average molecular weight is 314 g/mol. The number of nitrogens with zero attached hydrogens (tertiary/aromatic N) is 2. The van der Waals surface area contributed by atoms with Gasteiger partial charge in [0.15, 0.2) is 0 Å². The van der Waals surface area contributed by atoms with E-state index < -0.39 is 0 Å². The predicted octanol–water partition coefficient (Wildman–Crippen LogP) is 3.42. The van der Waals surface area contributed by atoms with E-state index in [4.69, 9.17) is 11.6 Å². The first-order valence-electron chi connectivity index (χ1n) is 7.23. The molecule has 1 saturated heterocycles. The standard InChI is InChI=1S/C15H24ClN3S/c1-11(2)7-17-8-12-6-15(18-9-14(12)16)19(3)13-4-5-20-10-13/h6,9,11,13,17H,4-5,7-8,10H2,1-3H3. The number of hydrogen-bond donors (Lipinski definition) is 1. The first kappa shape index (κ1) is 15.9. The third kappa shape index (κ3) is 4.27. The van der Waals surface area contributed by atoms with Crippen molar-refractivity contribution in [2.75, 3.05) is 30.0 Å². The normalized spacial score (nSPS) is 18.8. The van der Waals surface area contributed by atoms with E-state index in [2.05, 4.69) is 42.2 Å². The molecule has 1 atom stereocenters. The second kappa shape index (κ2) is 7.53. The van der Waals surface area contributed by atoms with Crippen molar-refractivity contribution in [3.05, 3.63) is 22.8 Å². The Morgan fingerprint density at radius 3 is 3.00 bits per heavy atom. The van der Waals surface area contributed by atoms with E-state index in [0.29, 0.717) is 12.0 Å². The Bertz CT molecular complexity index is 433. The highest BCUT2D eigenvalue weighted by Crippen LogP contribution is 2.26. The minimum absolute atomic E-state index is 0.602. The molecule has 0 spiro atoms. The van der Waals surface area contributed by atoms with Gasteiger partial charge in [0.25, 0.3) is 0 Å². The minimum atomic E-state index is 0.602. The summed E-state index contributed by atoms with van der Waals surface area (Å²) in [5.41, 5.74) is 1.13. The van der Waals surface area contributed by atoms with E-state index in [1.165, 1.54) is 17.9 Å². The molecular formula is C15H24ClN3S. The maximum absolute atomic E-state index is 6.25. The predicted molar refractivity (Wildman–Crippen MR) is 89.9 cm³/mol. The van der Waals surface area contributed by atoms with Gasteiger partial charge in [0, 0.05) is 31.6 Å². The molecule has 0 saturated carbocycles. The molecule has 1 aromatic rings. The number of thioether (sulfide) groups is 1. The van der Waals surface area contributed by atoms with Crippen LogP contribution in [0.3, 0.4) is 0 Å². The summed E-state index contributed by atoms with van der Waals surface area (Å²) >= 11 is 8.27. The number of aromatic nitrogens is 1. The van der Waals surface area contributed by atoms with Gasteiger partial charge in [0.05, 0.1) is 5.02 Å². The van der Waals surface area contributed by atoms with Gasteiger partial charge in [-0.05, 0) is 36.3 Å². The molecule has 0 aliphatic carbocycles. The second-order valence-electron chi connectivity index (χ2n) is 5.79. The molecule has 1 aliphatic heterocycles. The lowest BCUT2D eigenvalue weighted by molar-refractivity contribution is 0.552. The lowest BCUT2D eigenvalue weighted by Crippen LogP contribution is -2.32. The second-order valence-corrected chi connectivity index (χ2v) is 7.34. The Morgan fingerprint density at radius 2 is 2.35 bits per heavy atom. The number of rotatable bonds is 6. The Labute approximate surface area is 131 Å². The fourth-order valence-corrected chi connectivity index (χ4v) is 3.74. The molecule has 2 heterocycles. The molecule has 0 amide bonds. The van der Waals surface area contributed by atoms with Crippen LogP contribution in [0.1, 0.15) is 25.8 Å². The summed E-state index contributed by atoms with van der Waals surface area (Å²) in [4.78, 5) is 6.78. The van der Waals surface area contributed by atoms with E-state index in [1.54, 1.807) is 6.20 Å². The smallest absolute Gasteiger partial charge is 0.128 e. The van der Waals surface area contributed by atoms with E-state index in [0.717, 1.165) is 29.5 Å². The van der Waals surface area contributed by atoms with Gasteiger partial charge in [0.2, 0.25) is 0 Å². The molecule has 5 heteroatoms. The first-order valence-corrected chi connectivity index (χ1v) is 8.77. The Kier molecular flexibility index (Phi) is 6.00. The topological polar surface area (TPSA) is 28.2 Å². The molecule has 1 aromatic heterocycles. The number of halogens is 1. The van der Waals surface area contributed by atoms with E-state index in [9.17, 15) is 0 Å². The SMILES string of the molecule is CC(C)CNCc1cc(N(C)C2CCSC2)ncc1Cl. The van der Waals surface area contributed by atoms with Crippen LogP contribution in [-0.4, -0.2) is 36.1 Å². The van der Waals surface area contributed by atoms with Crippen LogP contribution in [-0.2, 0) is 6.54 Å². The van der Waals surface area contributed by atoms with E-state index in [-0.39, 0.29) is 0 Å². The highest BCUT2D eigenvalue weighted by Gasteiger charge is 2.21. The molecule has 1 N–H and O–H groups in total. The largest absolute Gasteiger partial charge is 0.356 e. The summed E-state index contributed by atoms with van der Waals surface area (Å²) in [6.07, 6.45) is 3.02. The molecule has 1 unspecified atom stereocenters. The molecule has 0 radical (unpaired) electrons. The van der Waals surface area contributed by atoms with Crippen molar-refractivity contribution < 1.29 is 0 Å². The maximum Gasteiger partial charge on any atom is 0.128 e. The lowest BCUT2D eigenvalue weighted by atomic mass is 10.2. The fraction of sp³-hybridized carbons (Fsp3) is 0.667. The zero-order chi connectivity index (χ0) is 14.5. The van der Waals surface area contributed by atoms with Gasteiger partial charge < -0.3 is 10.2 Å². The number of pyridine rings is 1. The number of hydrogen-bond acceptors (Lipinski definition) is 4. The number of anilines is 1. The van der Waals surface area contributed by atoms with Crippen molar-refractivity contribution in [3.63, 3.8) is 0 Å². The van der Waals surface area contributed by atoms with E-state index >= 15 is 0 Å². The highest BCUT2D eigenvalue weighted by molar-refractivity contribution is 7.99. The van der Waals surface area contributed by atoms with E-state index in [1.807, 2.05) is 11.8 Å². The molecule has 1 aliphatic rings. The van der Waals surface area contributed by atoms with Gasteiger partial charge in [0.1, 0.15) is 5.82 Å². The Balaban J connectivity index is 2.03. The minimum Gasteiger partial charge on any atom is -0.356 e. The van der Waals surface area contributed by atoms with Gasteiger partial charge in [-0.2, -0.15) is 11.8 Å².